The van der Waals surface area contributed by atoms with Crippen molar-refractivity contribution in [2.75, 3.05) is 13.1 Å². The maximum absolute atomic E-state index is 12.6. The lowest BCUT2D eigenvalue weighted by Crippen LogP contribution is -2.40. The smallest absolute Gasteiger partial charge is 0.416 e. The molecule has 7 nitrogen and oxygen atoms in total. The first-order valence-electron chi connectivity index (χ1n) is 7.13. The Balaban J connectivity index is 1.95. The van der Waals surface area contributed by atoms with Crippen molar-refractivity contribution in [3.05, 3.63) is 29.8 Å². The third-order valence-corrected chi connectivity index (χ3v) is 5.22. The summed E-state index contributed by atoms with van der Waals surface area (Å²) in [5, 5.41) is 11.3. The lowest BCUT2D eigenvalue weighted by molar-refractivity contribution is -0.143. The quantitative estimate of drug-likeness (QED) is 0.652. The van der Waals surface area contributed by atoms with Gasteiger partial charge in [-0.2, -0.15) is 13.2 Å². The molecule has 1 fully saturated rings. The van der Waals surface area contributed by atoms with E-state index in [2.05, 4.69) is 5.32 Å². The number of carbonyl (C=O) groups is 2. The molecule has 0 atom stereocenters. The van der Waals surface area contributed by atoms with Gasteiger partial charge in [0.05, 0.1) is 22.4 Å². The Morgan fingerprint density at radius 1 is 1.24 bits per heavy atom. The number of alkyl halides is 3. The summed E-state index contributed by atoms with van der Waals surface area (Å²) < 4.78 is 63.7. The number of halogens is 3. The van der Waals surface area contributed by atoms with E-state index in [0.29, 0.717) is 18.9 Å². The summed E-state index contributed by atoms with van der Waals surface area (Å²) in [6.07, 6.45) is -3.87. The molecule has 138 valence electrons. The topological polar surface area (TPSA) is 113 Å². The number of carbonyl (C=O) groups excluding carboxylic acids is 1. The zero-order chi connectivity index (χ0) is 18.9. The molecule has 1 saturated carbocycles. The van der Waals surface area contributed by atoms with Crippen LogP contribution >= 0.6 is 0 Å². The molecule has 11 heteroatoms. The van der Waals surface area contributed by atoms with E-state index in [4.69, 9.17) is 5.11 Å². The molecule has 0 aromatic heterocycles. The number of sulfonamides is 1. The monoisotopic (exact) mass is 380 g/mol. The summed E-state index contributed by atoms with van der Waals surface area (Å²) in [5.41, 5.74) is -2.13. The summed E-state index contributed by atoms with van der Waals surface area (Å²) in [6.45, 7) is -0.846. The fourth-order valence-electron chi connectivity index (χ4n) is 2.03. The first-order valence-corrected chi connectivity index (χ1v) is 8.62. The summed E-state index contributed by atoms with van der Waals surface area (Å²) in [7, 11) is -4.32. The Hall–Kier alpha value is -2.14. The molecular formula is C14H15F3N2O5S. The molecule has 0 heterocycles. The van der Waals surface area contributed by atoms with Gasteiger partial charge >= 0.3 is 12.1 Å². The van der Waals surface area contributed by atoms with Crippen LogP contribution in [0.25, 0.3) is 0 Å². The van der Waals surface area contributed by atoms with Crippen LogP contribution in [0.15, 0.2) is 29.2 Å². The van der Waals surface area contributed by atoms with Gasteiger partial charge in [0.1, 0.15) is 0 Å². The molecule has 0 saturated heterocycles. The average molecular weight is 380 g/mol. The van der Waals surface area contributed by atoms with Crippen LogP contribution in [0.4, 0.5) is 13.2 Å². The van der Waals surface area contributed by atoms with Crippen molar-refractivity contribution in [3.63, 3.8) is 0 Å². The van der Waals surface area contributed by atoms with Crippen molar-refractivity contribution in [1.82, 2.24) is 10.0 Å². The van der Waals surface area contributed by atoms with Gasteiger partial charge in [-0.25, -0.2) is 13.1 Å². The van der Waals surface area contributed by atoms with Crippen molar-refractivity contribution in [3.8, 4) is 0 Å². The second kappa shape index (κ2) is 6.64. The molecule has 2 rings (SSSR count). The fourth-order valence-corrected chi connectivity index (χ4v) is 3.06. The molecule has 0 radical (unpaired) electrons. The number of hydrogen-bond donors (Lipinski definition) is 3. The first-order chi connectivity index (χ1) is 11.5. The largest absolute Gasteiger partial charge is 0.481 e. The Bertz CT molecular complexity index is 788. The predicted octanol–water partition coefficient (Wildman–Crippen LogP) is 0.965. The van der Waals surface area contributed by atoms with Gasteiger partial charge in [0.2, 0.25) is 15.9 Å². The van der Waals surface area contributed by atoms with Gasteiger partial charge in [0.15, 0.2) is 0 Å². The number of hydrogen-bond acceptors (Lipinski definition) is 4. The summed E-state index contributed by atoms with van der Waals surface area (Å²) in [4.78, 5) is 22.0. The average Bonchev–Trinajstić information content (AvgIpc) is 3.32. The SMILES string of the molecule is O=C(CNS(=O)(=O)c1cccc(C(F)(F)F)c1)NCC1(C(=O)O)CC1. The molecule has 1 amide bonds. The third kappa shape index (κ3) is 4.69. The fraction of sp³-hybridized carbons (Fsp3) is 0.429. The highest BCUT2D eigenvalue weighted by molar-refractivity contribution is 7.89. The van der Waals surface area contributed by atoms with Gasteiger partial charge in [-0.05, 0) is 31.0 Å². The maximum atomic E-state index is 12.6. The molecule has 0 aliphatic heterocycles. The zero-order valence-electron chi connectivity index (χ0n) is 12.8. The van der Waals surface area contributed by atoms with Gasteiger partial charge in [-0.1, -0.05) is 6.07 Å². The van der Waals surface area contributed by atoms with Gasteiger partial charge in [0.25, 0.3) is 0 Å². The highest BCUT2D eigenvalue weighted by Gasteiger charge is 2.50. The van der Waals surface area contributed by atoms with Crippen LogP contribution in [0.5, 0.6) is 0 Å². The lowest BCUT2D eigenvalue weighted by atomic mass is 10.1. The molecule has 1 aromatic rings. The molecule has 3 N–H and O–H groups in total. The number of aliphatic carboxylic acids is 1. The molecule has 0 unspecified atom stereocenters. The zero-order valence-corrected chi connectivity index (χ0v) is 13.6. The van der Waals surface area contributed by atoms with Crippen molar-refractivity contribution >= 4 is 21.9 Å². The number of nitrogens with one attached hydrogen (secondary N) is 2. The number of amides is 1. The second-order valence-electron chi connectivity index (χ2n) is 5.71. The third-order valence-electron chi connectivity index (χ3n) is 3.83. The summed E-state index contributed by atoms with van der Waals surface area (Å²) in [6, 6.07) is 3.11. The Labute approximate surface area is 141 Å². The van der Waals surface area contributed by atoms with Crippen molar-refractivity contribution in [2.45, 2.75) is 23.9 Å². The minimum absolute atomic E-state index is 0.132. The predicted molar refractivity (Wildman–Crippen MR) is 78.9 cm³/mol. The van der Waals surface area contributed by atoms with Crippen molar-refractivity contribution in [2.24, 2.45) is 5.41 Å². The molecule has 0 bridgehead atoms. The van der Waals surface area contributed by atoms with Crippen LogP contribution in [0, 0.1) is 5.41 Å². The minimum Gasteiger partial charge on any atom is -0.481 e. The number of rotatable bonds is 7. The number of carboxylic acid groups (broad SMARTS) is 1. The normalized spacial score (nSPS) is 16.3. The Morgan fingerprint density at radius 3 is 2.40 bits per heavy atom. The van der Waals surface area contributed by atoms with E-state index in [1.54, 1.807) is 0 Å². The van der Waals surface area contributed by atoms with E-state index in [0.717, 1.165) is 18.2 Å². The molecule has 25 heavy (non-hydrogen) atoms. The second-order valence-corrected chi connectivity index (χ2v) is 7.48. The van der Waals surface area contributed by atoms with E-state index in [-0.39, 0.29) is 6.54 Å². The van der Waals surface area contributed by atoms with Crippen LogP contribution < -0.4 is 10.0 Å². The van der Waals surface area contributed by atoms with Crippen LogP contribution in [0.2, 0.25) is 0 Å². The molecule has 1 aliphatic rings. The summed E-state index contributed by atoms with van der Waals surface area (Å²) >= 11 is 0. The Morgan fingerprint density at radius 2 is 1.88 bits per heavy atom. The minimum atomic E-state index is -4.70. The highest BCUT2D eigenvalue weighted by Crippen LogP contribution is 2.45. The number of benzene rings is 1. The van der Waals surface area contributed by atoms with Crippen LogP contribution in [0.1, 0.15) is 18.4 Å². The molecule has 0 spiro atoms. The van der Waals surface area contributed by atoms with E-state index < -0.39 is 50.5 Å². The van der Waals surface area contributed by atoms with Gasteiger partial charge in [-0.3, -0.25) is 9.59 Å². The van der Waals surface area contributed by atoms with Crippen molar-refractivity contribution < 1.29 is 36.3 Å². The molecule has 1 aromatic carbocycles. The van der Waals surface area contributed by atoms with Gasteiger partial charge in [0, 0.05) is 6.54 Å². The van der Waals surface area contributed by atoms with Crippen LogP contribution in [-0.2, 0) is 25.8 Å². The standard InChI is InChI=1S/C14H15F3N2O5S/c15-14(16,17)9-2-1-3-10(6-9)25(23,24)19-7-11(20)18-8-13(4-5-13)12(21)22/h1-3,6,19H,4-5,7-8H2,(H,18,20)(H,21,22). The highest BCUT2D eigenvalue weighted by atomic mass is 32.2. The van der Waals surface area contributed by atoms with E-state index >= 15 is 0 Å². The van der Waals surface area contributed by atoms with Crippen LogP contribution in [-0.4, -0.2) is 38.5 Å². The first kappa shape index (κ1) is 19.2. The van der Waals surface area contributed by atoms with E-state index in [1.807, 2.05) is 4.72 Å². The van der Waals surface area contributed by atoms with Crippen molar-refractivity contribution in [1.29, 1.82) is 0 Å². The van der Waals surface area contributed by atoms with Gasteiger partial charge < -0.3 is 10.4 Å². The van der Waals surface area contributed by atoms with Crippen LogP contribution in [0.3, 0.4) is 0 Å². The molecular weight excluding hydrogens is 365 g/mol. The Kier molecular flexibility index (Phi) is 5.09. The maximum Gasteiger partial charge on any atom is 0.416 e. The van der Waals surface area contributed by atoms with E-state index in [9.17, 15) is 31.2 Å². The summed E-state index contributed by atoms with van der Waals surface area (Å²) in [5.74, 6) is -1.82. The lowest BCUT2D eigenvalue weighted by Gasteiger charge is -2.12. The number of carboxylic acids is 1. The molecule has 1 aliphatic carbocycles. The van der Waals surface area contributed by atoms with E-state index in [1.165, 1.54) is 0 Å². The van der Waals surface area contributed by atoms with Gasteiger partial charge in [-0.15, -0.1) is 0 Å².